The Hall–Kier alpha value is -3.68. The van der Waals surface area contributed by atoms with Crippen LogP contribution in [0.5, 0.6) is 5.75 Å². The van der Waals surface area contributed by atoms with Gasteiger partial charge in [0.2, 0.25) is 0 Å². The highest BCUT2D eigenvalue weighted by Gasteiger charge is 2.36. The third-order valence-electron chi connectivity index (χ3n) is 4.59. The highest BCUT2D eigenvalue weighted by Crippen LogP contribution is 2.37. The minimum Gasteiger partial charge on any atom is -0.464 e. The van der Waals surface area contributed by atoms with Crippen molar-refractivity contribution in [3.8, 4) is 5.75 Å². The van der Waals surface area contributed by atoms with Gasteiger partial charge in [0.15, 0.2) is 11.2 Å². The molecule has 142 valence electrons. The number of carbonyl (C=O) groups excluding carboxylic acids is 2. The summed E-state index contributed by atoms with van der Waals surface area (Å²) in [5.74, 6) is -2.50. The predicted molar refractivity (Wildman–Crippen MR) is 97.6 cm³/mol. The van der Waals surface area contributed by atoms with Crippen LogP contribution < -0.4 is 15.7 Å². The lowest BCUT2D eigenvalue weighted by atomic mass is 9.86. The summed E-state index contributed by atoms with van der Waals surface area (Å²) in [6.07, 6.45) is 2.15. The standard InChI is InChI=1S/C20H15NO7/c1-2-26-20(25)12-8-21-19(24)16-11(7-15(22)28-18(12)16)13-9-27-14-6-4-3-5-10(14)17(13)23/h3-6,8-9,11H,2,7H2,1H3,(H,21,24)/t11-/m1/s1. The third kappa shape index (κ3) is 2.79. The van der Waals surface area contributed by atoms with Crippen LogP contribution in [0.25, 0.3) is 11.0 Å². The molecule has 0 saturated heterocycles. The number of hydrogen-bond acceptors (Lipinski definition) is 7. The Balaban J connectivity index is 1.95. The van der Waals surface area contributed by atoms with Crippen LogP contribution in [0, 0.1) is 0 Å². The van der Waals surface area contributed by atoms with Gasteiger partial charge in [0, 0.05) is 17.7 Å². The first-order valence-electron chi connectivity index (χ1n) is 8.65. The number of benzene rings is 1. The van der Waals surface area contributed by atoms with Gasteiger partial charge < -0.3 is 18.9 Å². The molecule has 0 fully saturated rings. The molecule has 8 heteroatoms. The highest BCUT2D eigenvalue weighted by molar-refractivity contribution is 5.94. The summed E-state index contributed by atoms with van der Waals surface area (Å²) in [7, 11) is 0. The molecule has 0 aliphatic carbocycles. The molecule has 1 aliphatic rings. The van der Waals surface area contributed by atoms with Crippen LogP contribution in [0.2, 0.25) is 0 Å². The molecular weight excluding hydrogens is 366 g/mol. The Morgan fingerprint density at radius 1 is 1.25 bits per heavy atom. The van der Waals surface area contributed by atoms with Gasteiger partial charge in [0.05, 0.1) is 30.2 Å². The van der Waals surface area contributed by atoms with Crippen molar-refractivity contribution in [2.45, 2.75) is 19.3 Å². The lowest BCUT2D eigenvalue weighted by molar-refractivity contribution is -0.135. The number of ether oxygens (including phenoxy) is 2. The lowest BCUT2D eigenvalue weighted by Crippen LogP contribution is -2.32. The topological polar surface area (TPSA) is 116 Å². The van der Waals surface area contributed by atoms with Crippen molar-refractivity contribution in [1.29, 1.82) is 0 Å². The van der Waals surface area contributed by atoms with Gasteiger partial charge in [-0.2, -0.15) is 0 Å². The number of nitrogens with one attached hydrogen (secondary N) is 1. The molecule has 1 N–H and O–H groups in total. The summed E-state index contributed by atoms with van der Waals surface area (Å²) < 4.78 is 15.7. The summed E-state index contributed by atoms with van der Waals surface area (Å²) in [5.41, 5.74) is -0.443. The summed E-state index contributed by atoms with van der Waals surface area (Å²) in [4.78, 5) is 52.4. The maximum atomic E-state index is 13.0. The monoisotopic (exact) mass is 381 g/mol. The van der Waals surface area contributed by atoms with E-state index in [1.165, 1.54) is 6.26 Å². The van der Waals surface area contributed by atoms with Gasteiger partial charge in [0.25, 0.3) is 5.56 Å². The number of rotatable bonds is 3. The van der Waals surface area contributed by atoms with Crippen molar-refractivity contribution in [3.05, 3.63) is 74.0 Å². The number of H-pyrrole nitrogens is 1. The molecule has 4 rings (SSSR count). The van der Waals surface area contributed by atoms with Gasteiger partial charge in [-0.1, -0.05) is 12.1 Å². The van der Waals surface area contributed by atoms with E-state index in [1.54, 1.807) is 31.2 Å². The summed E-state index contributed by atoms with van der Waals surface area (Å²) in [6.45, 7) is 1.74. The zero-order valence-electron chi connectivity index (χ0n) is 14.8. The lowest BCUT2D eigenvalue weighted by Gasteiger charge is -2.24. The summed E-state index contributed by atoms with van der Waals surface area (Å²) >= 11 is 0. The SMILES string of the molecule is CCOC(=O)c1c[nH]c(=O)c2c1OC(=O)C[C@@H]2c1coc2ccccc2c1=O. The normalized spacial score (nSPS) is 15.8. The second-order valence-electron chi connectivity index (χ2n) is 6.24. The Labute approximate surface area is 157 Å². The number of para-hydroxylation sites is 1. The minimum atomic E-state index is -0.907. The Morgan fingerprint density at radius 2 is 2.04 bits per heavy atom. The van der Waals surface area contributed by atoms with Crippen LogP contribution in [-0.4, -0.2) is 23.5 Å². The van der Waals surface area contributed by atoms with Crippen LogP contribution in [0.15, 0.2) is 50.7 Å². The van der Waals surface area contributed by atoms with Crippen molar-refractivity contribution in [2.24, 2.45) is 0 Å². The van der Waals surface area contributed by atoms with Gasteiger partial charge in [-0.25, -0.2) is 4.79 Å². The van der Waals surface area contributed by atoms with Gasteiger partial charge in [0.1, 0.15) is 11.1 Å². The zero-order valence-corrected chi connectivity index (χ0v) is 14.8. The van der Waals surface area contributed by atoms with E-state index in [0.717, 1.165) is 6.20 Å². The number of carbonyl (C=O) groups is 2. The number of fused-ring (bicyclic) bond motifs is 2. The van der Waals surface area contributed by atoms with E-state index >= 15 is 0 Å². The van der Waals surface area contributed by atoms with Gasteiger partial charge >= 0.3 is 11.9 Å². The van der Waals surface area contributed by atoms with Crippen molar-refractivity contribution in [1.82, 2.24) is 4.98 Å². The Morgan fingerprint density at radius 3 is 2.82 bits per heavy atom. The smallest absolute Gasteiger partial charge is 0.343 e. The highest BCUT2D eigenvalue weighted by atomic mass is 16.5. The maximum absolute atomic E-state index is 13.0. The first-order chi connectivity index (χ1) is 13.5. The molecule has 0 unspecified atom stereocenters. The average Bonchev–Trinajstić information content (AvgIpc) is 2.68. The van der Waals surface area contributed by atoms with Crippen LogP contribution in [0.1, 0.15) is 40.7 Å². The molecule has 3 aromatic rings. The second-order valence-corrected chi connectivity index (χ2v) is 6.24. The molecule has 28 heavy (non-hydrogen) atoms. The van der Waals surface area contributed by atoms with Gasteiger partial charge in [-0.3, -0.25) is 14.4 Å². The van der Waals surface area contributed by atoms with Crippen LogP contribution in [0.3, 0.4) is 0 Å². The van der Waals surface area contributed by atoms with Crippen molar-refractivity contribution < 1.29 is 23.5 Å². The molecule has 0 spiro atoms. The third-order valence-corrected chi connectivity index (χ3v) is 4.59. The van der Waals surface area contributed by atoms with E-state index in [9.17, 15) is 19.2 Å². The molecule has 2 aromatic heterocycles. The van der Waals surface area contributed by atoms with E-state index in [2.05, 4.69) is 4.98 Å². The number of aromatic amines is 1. The molecule has 0 bridgehead atoms. The summed E-state index contributed by atoms with van der Waals surface area (Å²) in [5, 5.41) is 0.332. The van der Waals surface area contributed by atoms with E-state index in [1.807, 2.05) is 0 Å². The minimum absolute atomic E-state index is 0.0211. The van der Waals surface area contributed by atoms with E-state index in [4.69, 9.17) is 13.9 Å². The summed E-state index contributed by atoms with van der Waals surface area (Å²) in [6, 6.07) is 6.67. The largest absolute Gasteiger partial charge is 0.464 e. The van der Waals surface area contributed by atoms with E-state index in [0.29, 0.717) is 11.0 Å². The average molecular weight is 381 g/mol. The van der Waals surface area contributed by atoms with Crippen molar-refractivity contribution in [3.63, 3.8) is 0 Å². The first-order valence-corrected chi connectivity index (χ1v) is 8.65. The fourth-order valence-corrected chi connectivity index (χ4v) is 3.34. The van der Waals surface area contributed by atoms with Crippen LogP contribution >= 0.6 is 0 Å². The molecular formula is C20H15NO7. The molecule has 1 aromatic carbocycles. The van der Waals surface area contributed by atoms with Gasteiger partial charge in [-0.15, -0.1) is 0 Å². The number of aromatic nitrogens is 1. The van der Waals surface area contributed by atoms with Gasteiger partial charge in [-0.05, 0) is 19.1 Å². The number of hydrogen-bond donors (Lipinski definition) is 1. The fraction of sp³-hybridized carbons (Fsp3) is 0.200. The number of pyridine rings is 1. The van der Waals surface area contributed by atoms with Crippen LogP contribution in [0.4, 0.5) is 0 Å². The zero-order chi connectivity index (χ0) is 19.8. The van der Waals surface area contributed by atoms with Crippen molar-refractivity contribution >= 4 is 22.9 Å². The van der Waals surface area contributed by atoms with E-state index in [-0.39, 0.29) is 40.9 Å². The molecule has 3 heterocycles. The Bertz CT molecular complexity index is 1220. The molecule has 0 radical (unpaired) electrons. The molecule has 1 aliphatic heterocycles. The van der Waals surface area contributed by atoms with E-state index < -0.39 is 23.4 Å². The second kappa shape index (κ2) is 6.80. The fourth-order valence-electron chi connectivity index (χ4n) is 3.34. The maximum Gasteiger partial charge on any atom is 0.343 e. The molecule has 0 saturated carbocycles. The van der Waals surface area contributed by atoms with Crippen LogP contribution in [-0.2, 0) is 9.53 Å². The van der Waals surface area contributed by atoms with Crippen molar-refractivity contribution in [2.75, 3.05) is 6.61 Å². The predicted octanol–water partition coefficient (Wildman–Crippen LogP) is 2.10. The molecule has 0 amide bonds. The quantitative estimate of drug-likeness (QED) is 0.691. The molecule has 8 nitrogen and oxygen atoms in total. The molecule has 1 atom stereocenters. The first kappa shape index (κ1) is 17.7. The Kier molecular flexibility index (Phi) is 4.31. The number of esters is 2.